The first-order chi connectivity index (χ1) is 27.0. The molecule has 6 heteroatoms. The lowest BCUT2D eigenvalue weighted by Crippen LogP contribution is -2.46. The zero-order chi connectivity index (χ0) is 40.3. The van der Waals surface area contributed by atoms with Crippen LogP contribution in [0.1, 0.15) is 265 Å². The molecule has 3 unspecified atom stereocenters. The van der Waals surface area contributed by atoms with Gasteiger partial charge >= 0.3 is 5.97 Å². The molecule has 0 bridgehead atoms. The van der Waals surface area contributed by atoms with Gasteiger partial charge < -0.3 is 20.3 Å². The standard InChI is InChI=1S/C49H95NO5/c1-4-7-10-13-16-19-22-24-26-28-31-34-37-40-45(55-49(54)42-39-36-33-30-27-23-20-17-14-11-8-5-2)43-48(53)50-46(44-51)47(52)41-38-35-32-29-25-21-18-15-12-9-6-3/h17,20,45-47,51-52H,4-16,18-19,21-44H2,1-3H3,(H,50,53)/b20-17-. The summed E-state index contributed by atoms with van der Waals surface area (Å²) >= 11 is 0. The molecule has 0 saturated carbocycles. The molecule has 0 saturated heterocycles. The summed E-state index contributed by atoms with van der Waals surface area (Å²) in [7, 11) is 0. The Bertz CT molecular complexity index is 832. The minimum absolute atomic E-state index is 0.0810. The molecule has 1 amide bonds. The van der Waals surface area contributed by atoms with Crippen LogP contribution in [-0.4, -0.2) is 46.9 Å². The van der Waals surface area contributed by atoms with Crippen LogP contribution in [0.3, 0.4) is 0 Å². The van der Waals surface area contributed by atoms with Crippen molar-refractivity contribution in [3.05, 3.63) is 12.2 Å². The van der Waals surface area contributed by atoms with Crippen molar-refractivity contribution in [2.75, 3.05) is 6.61 Å². The first-order valence-corrected chi connectivity index (χ1v) is 24.4. The molecule has 0 aromatic heterocycles. The van der Waals surface area contributed by atoms with E-state index in [4.69, 9.17) is 4.74 Å². The van der Waals surface area contributed by atoms with Crippen molar-refractivity contribution in [3.8, 4) is 0 Å². The Labute approximate surface area is 342 Å². The predicted octanol–water partition coefficient (Wildman–Crippen LogP) is 14.2. The Hall–Kier alpha value is -1.40. The summed E-state index contributed by atoms with van der Waals surface area (Å²) in [5, 5.41) is 23.7. The van der Waals surface area contributed by atoms with E-state index < -0.39 is 18.2 Å². The molecular formula is C49H95NO5. The molecule has 0 heterocycles. The fourth-order valence-electron chi connectivity index (χ4n) is 7.60. The van der Waals surface area contributed by atoms with Gasteiger partial charge in [-0.05, 0) is 51.4 Å². The van der Waals surface area contributed by atoms with Crippen molar-refractivity contribution in [1.82, 2.24) is 5.32 Å². The van der Waals surface area contributed by atoms with Gasteiger partial charge in [-0.3, -0.25) is 9.59 Å². The monoisotopic (exact) mass is 778 g/mol. The van der Waals surface area contributed by atoms with Crippen molar-refractivity contribution in [2.24, 2.45) is 0 Å². The lowest BCUT2D eigenvalue weighted by molar-refractivity contribution is -0.151. The van der Waals surface area contributed by atoms with Crippen LogP contribution in [0.4, 0.5) is 0 Å². The van der Waals surface area contributed by atoms with Crippen LogP contribution in [0, 0.1) is 0 Å². The number of nitrogens with one attached hydrogen (secondary N) is 1. The summed E-state index contributed by atoms with van der Waals surface area (Å²) in [6.45, 7) is 6.46. The van der Waals surface area contributed by atoms with Gasteiger partial charge in [0, 0.05) is 6.42 Å². The third-order valence-electron chi connectivity index (χ3n) is 11.3. The van der Waals surface area contributed by atoms with Crippen LogP contribution in [0.15, 0.2) is 12.2 Å². The van der Waals surface area contributed by atoms with E-state index in [1.165, 1.54) is 167 Å². The second kappa shape index (κ2) is 43.7. The Kier molecular flexibility index (Phi) is 42.6. The Balaban J connectivity index is 4.56. The van der Waals surface area contributed by atoms with Crippen LogP contribution in [-0.2, 0) is 14.3 Å². The fourth-order valence-corrected chi connectivity index (χ4v) is 7.60. The predicted molar refractivity (Wildman–Crippen MR) is 237 cm³/mol. The molecule has 0 rings (SSSR count). The Morgan fingerprint density at radius 3 is 1.33 bits per heavy atom. The van der Waals surface area contributed by atoms with E-state index in [0.29, 0.717) is 19.3 Å². The lowest BCUT2D eigenvalue weighted by Gasteiger charge is -2.24. The maximum atomic E-state index is 13.1. The van der Waals surface area contributed by atoms with Gasteiger partial charge in [0.1, 0.15) is 6.10 Å². The van der Waals surface area contributed by atoms with Crippen molar-refractivity contribution in [2.45, 2.75) is 283 Å². The van der Waals surface area contributed by atoms with Gasteiger partial charge in [-0.2, -0.15) is 0 Å². The topological polar surface area (TPSA) is 95.9 Å². The lowest BCUT2D eigenvalue weighted by atomic mass is 10.0. The minimum Gasteiger partial charge on any atom is -0.462 e. The maximum Gasteiger partial charge on any atom is 0.306 e. The Morgan fingerprint density at radius 2 is 0.873 bits per heavy atom. The van der Waals surface area contributed by atoms with E-state index in [-0.39, 0.29) is 24.9 Å². The van der Waals surface area contributed by atoms with Crippen molar-refractivity contribution < 1.29 is 24.5 Å². The molecule has 0 spiro atoms. The van der Waals surface area contributed by atoms with Crippen LogP contribution < -0.4 is 5.32 Å². The Morgan fingerprint density at radius 1 is 0.509 bits per heavy atom. The van der Waals surface area contributed by atoms with Gasteiger partial charge in [0.15, 0.2) is 0 Å². The number of rotatable bonds is 44. The molecule has 0 aliphatic carbocycles. The highest BCUT2D eigenvalue weighted by molar-refractivity contribution is 5.77. The third kappa shape index (κ3) is 39.2. The summed E-state index contributed by atoms with van der Waals surface area (Å²) in [6.07, 6.45) is 46.9. The van der Waals surface area contributed by atoms with Crippen LogP contribution in [0.25, 0.3) is 0 Å². The van der Waals surface area contributed by atoms with E-state index >= 15 is 0 Å². The number of amides is 1. The van der Waals surface area contributed by atoms with Crippen molar-refractivity contribution in [1.29, 1.82) is 0 Å². The van der Waals surface area contributed by atoms with Gasteiger partial charge in [0.2, 0.25) is 5.91 Å². The van der Waals surface area contributed by atoms with E-state index in [1.54, 1.807) is 0 Å². The SMILES string of the molecule is CCCCC/C=C\CCCCCCCC(=O)OC(CCCCCCCCCCCCCCC)CC(=O)NC(CO)C(O)CCCCCCCCCCCCC. The molecular weight excluding hydrogens is 683 g/mol. The number of hydrogen-bond acceptors (Lipinski definition) is 5. The molecule has 326 valence electrons. The molecule has 0 aliphatic heterocycles. The second-order valence-corrected chi connectivity index (χ2v) is 16.9. The molecule has 55 heavy (non-hydrogen) atoms. The maximum absolute atomic E-state index is 13.1. The van der Waals surface area contributed by atoms with Gasteiger partial charge in [0.25, 0.3) is 0 Å². The number of hydrogen-bond donors (Lipinski definition) is 3. The smallest absolute Gasteiger partial charge is 0.306 e. The molecule has 3 N–H and O–H groups in total. The number of esters is 1. The molecule has 3 atom stereocenters. The molecule has 0 aromatic rings. The highest BCUT2D eigenvalue weighted by Gasteiger charge is 2.24. The van der Waals surface area contributed by atoms with Gasteiger partial charge in [-0.1, -0.05) is 213 Å². The van der Waals surface area contributed by atoms with E-state index in [0.717, 1.165) is 51.4 Å². The second-order valence-electron chi connectivity index (χ2n) is 16.9. The zero-order valence-corrected chi connectivity index (χ0v) is 37.1. The third-order valence-corrected chi connectivity index (χ3v) is 11.3. The van der Waals surface area contributed by atoms with E-state index in [2.05, 4.69) is 38.2 Å². The molecule has 0 fully saturated rings. The number of carbonyl (C=O) groups excluding carboxylic acids is 2. The molecule has 0 aromatic carbocycles. The largest absolute Gasteiger partial charge is 0.462 e. The first-order valence-electron chi connectivity index (χ1n) is 24.4. The normalized spacial score (nSPS) is 13.3. The number of ether oxygens (including phenoxy) is 1. The van der Waals surface area contributed by atoms with Crippen molar-refractivity contribution in [3.63, 3.8) is 0 Å². The van der Waals surface area contributed by atoms with E-state index in [1.807, 2.05) is 0 Å². The highest BCUT2D eigenvalue weighted by Crippen LogP contribution is 2.18. The first kappa shape index (κ1) is 53.6. The van der Waals surface area contributed by atoms with Gasteiger partial charge in [-0.25, -0.2) is 0 Å². The van der Waals surface area contributed by atoms with E-state index in [9.17, 15) is 19.8 Å². The summed E-state index contributed by atoms with van der Waals surface area (Å²) in [5.41, 5.74) is 0. The van der Waals surface area contributed by atoms with Crippen LogP contribution in [0.2, 0.25) is 0 Å². The molecule has 0 radical (unpaired) electrons. The number of allylic oxidation sites excluding steroid dienone is 2. The van der Waals surface area contributed by atoms with Crippen LogP contribution >= 0.6 is 0 Å². The number of aliphatic hydroxyl groups is 2. The fraction of sp³-hybridized carbons (Fsp3) is 0.918. The number of carbonyl (C=O) groups is 2. The average molecular weight is 778 g/mol. The van der Waals surface area contributed by atoms with Crippen LogP contribution in [0.5, 0.6) is 0 Å². The van der Waals surface area contributed by atoms with Crippen molar-refractivity contribution >= 4 is 11.9 Å². The number of aliphatic hydroxyl groups excluding tert-OH is 2. The summed E-state index contributed by atoms with van der Waals surface area (Å²) in [4.78, 5) is 26.0. The van der Waals surface area contributed by atoms with Gasteiger partial charge in [0.05, 0.1) is 25.2 Å². The molecule has 0 aliphatic rings. The molecule has 6 nitrogen and oxygen atoms in total. The highest BCUT2D eigenvalue weighted by atomic mass is 16.5. The summed E-state index contributed by atoms with van der Waals surface area (Å²) in [5.74, 6) is -0.471. The van der Waals surface area contributed by atoms with Gasteiger partial charge in [-0.15, -0.1) is 0 Å². The average Bonchev–Trinajstić information content (AvgIpc) is 3.18. The summed E-state index contributed by atoms with van der Waals surface area (Å²) < 4.78 is 5.91. The minimum atomic E-state index is -0.781. The summed E-state index contributed by atoms with van der Waals surface area (Å²) in [6, 6.07) is -0.695. The number of unbranched alkanes of at least 4 members (excludes halogenated alkanes) is 30. The zero-order valence-electron chi connectivity index (χ0n) is 37.1. The quantitative estimate of drug-likeness (QED) is 0.0325.